The van der Waals surface area contributed by atoms with E-state index in [2.05, 4.69) is 54.9 Å². The standard InChI is InChI=1S/C23H22N2OS/c1-3-16-8-12-18(13-9-16)25-22(17-10-14-19(27-2)15-11-17)24-21-7-5-4-6-20(21)23(25)26/h4-15,22,24H,3H2,1-2H3/t22-/m0/s1. The second kappa shape index (κ2) is 7.49. The number of carbonyl (C=O) groups excluding carboxylic acids is 1. The largest absolute Gasteiger partial charge is 0.360 e. The Morgan fingerprint density at radius 3 is 2.33 bits per heavy atom. The summed E-state index contributed by atoms with van der Waals surface area (Å²) in [7, 11) is 0. The number of rotatable bonds is 4. The molecule has 0 radical (unpaired) electrons. The van der Waals surface area contributed by atoms with Gasteiger partial charge in [-0.1, -0.05) is 43.3 Å². The van der Waals surface area contributed by atoms with Gasteiger partial charge in [0.2, 0.25) is 0 Å². The third-order valence-corrected chi connectivity index (χ3v) is 5.72. The van der Waals surface area contributed by atoms with Gasteiger partial charge in [-0.3, -0.25) is 9.69 Å². The molecule has 3 nitrogen and oxygen atoms in total. The number of nitrogens with zero attached hydrogens (tertiary/aromatic N) is 1. The number of para-hydroxylation sites is 1. The number of aryl methyl sites for hydroxylation is 1. The summed E-state index contributed by atoms with van der Waals surface area (Å²) in [5.41, 5.74) is 4.81. The van der Waals surface area contributed by atoms with E-state index in [4.69, 9.17) is 0 Å². The molecule has 1 atom stereocenters. The topological polar surface area (TPSA) is 32.3 Å². The Hall–Kier alpha value is -2.72. The predicted molar refractivity (Wildman–Crippen MR) is 114 cm³/mol. The van der Waals surface area contributed by atoms with Gasteiger partial charge in [0.1, 0.15) is 6.17 Å². The van der Waals surface area contributed by atoms with Gasteiger partial charge in [-0.05, 0) is 60.2 Å². The van der Waals surface area contributed by atoms with Gasteiger partial charge < -0.3 is 5.32 Å². The van der Waals surface area contributed by atoms with Crippen molar-refractivity contribution in [3.63, 3.8) is 0 Å². The molecule has 0 aliphatic carbocycles. The smallest absolute Gasteiger partial charge is 0.262 e. The molecule has 0 fully saturated rings. The third kappa shape index (κ3) is 3.33. The number of hydrogen-bond donors (Lipinski definition) is 1. The fourth-order valence-electron chi connectivity index (χ4n) is 3.43. The molecule has 0 saturated carbocycles. The normalized spacial score (nSPS) is 16.0. The molecule has 1 N–H and O–H groups in total. The Kier molecular flexibility index (Phi) is 4.90. The minimum absolute atomic E-state index is 0.0209. The van der Waals surface area contributed by atoms with Gasteiger partial charge >= 0.3 is 0 Å². The number of benzene rings is 3. The van der Waals surface area contributed by atoms with Crippen molar-refractivity contribution in [2.45, 2.75) is 24.4 Å². The molecule has 0 saturated heterocycles. The average molecular weight is 375 g/mol. The molecule has 1 amide bonds. The van der Waals surface area contributed by atoms with Crippen LogP contribution in [-0.4, -0.2) is 12.2 Å². The SMILES string of the molecule is CCc1ccc(N2C(=O)c3ccccc3N[C@@H]2c2ccc(SC)cc2)cc1. The third-order valence-electron chi connectivity index (χ3n) is 4.98. The molecule has 4 heteroatoms. The van der Waals surface area contributed by atoms with Gasteiger partial charge in [-0.15, -0.1) is 11.8 Å². The van der Waals surface area contributed by atoms with E-state index >= 15 is 0 Å². The van der Waals surface area contributed by atoms with Gasteiger partial charge in [-0.2, -0.15) is 0 Å². The van der Waals surface area contributed by atoms with Gasteiger partial charge in [0, 0.05) is 16.3 Å². The van der Waals surface area contributed by atoms with Crippen LogP contribution in [0.2, 0.25) is 0 Å². The maximum absolute atomic E-state index is 13.4. The van der Waals surface area contributed by atoms with Gasteiger partial charge in [0.15, 0.2) is 0 Å². The highest BCUT2D eigenvalue weighted by atomic mass is 32.2. The van der Waals surface area contributed by atoms with E-state index in [-0.39, 0.29) is 12.1 Å². The summed E-state index contributed by atoms with van der Waals surface area (Å²) >= 11 is 1.71. The van der Waals surface area contributed by atoms with E-state index in [0.29, 0.717) is 5.56 Å². The van der Waals surface area contributed by atoms with Crippen LogP contribution < -0.4 is 10.2 Å². The summed E-state index contributed by atoms with van der Waals surface area (Å²) in [6.07, 6.45) is 2.81. The number of nitrogens with one attached hydrogen (secondary N) is 1. The second-order valence-electron chi connectivity index (χ2n) is 6.56. The first-order chi connectivity index (χ1) is 13.2. The fraction of sp³-hybridized carbons (Fsp3) is 0.174. The lowest BCUT2D eigenvalue weighted by Crippen LogP contribution is -2.43. The molecular formula is C23H22N2OS. The Morgan fingerprint density at radius 2 is 1.67 bits per heavy atom. The lowest BCUT2D eigenvalue weighted by Gasteiger charge is -2.38. The molecule has 0 spiro atoms. The number of carbonyl (C=O) groups is 1. The molecule has 136 valence electrons. The first-order valence-corrected chi connectivity index (χ1v) is 10.4. The lowest BCUT2D eigenvalue weighted by atomic mass is 10.0. The highest BCUT2D eigenvalue weighted by Gasteiger charge is 2.33. The predicted octanol–water partition coefficient (Wildman–Crippen LogP) is 5.74. The van der Waals surface area contributed by atoms with Crippen molar-refractivity contribution >= 4 is 29.0 Å². The van der Waals surface area contributed by atoms with E-state index in [9.17, 15) is 4.79 Å². The number of fused-ring (bicyclic) bond motifs is 1. The lowest BCUT2D eigenvalue weighted by molar-refractivity contribution is 0.0975. The van der Waals surface area contributed by atoms with Crippen molar-refractivity contribution in [3.05, 3.63) is 89.5 Å². The van der Waals surface area contributed by atoms with Crippen LogP contribution in [-0.2, 0) is 6.42 Å². The molecule has 0 unspecified atom stereocenters. The van der Waals surface area contributed by atoms with E-state index in [1.165, 1.54) is 10.5 Å². The van der Waals surface area contributed by atoms with Crippen LogP contribution in [0.5, 0.6) is 0 Å². The van der Waals surface area contributed by atoms with Crippen LogP contribution in [0.1, 0.15) is 34.6 Å². The van der Waals surface area contributed by atoms with Crippen LogP contribution in [0, 0.1) is 0 Å². The number of anilines is 2. The minimum Gasteiger partial charge on any atom is -0.360 e. The van der Waals surface area contributed by atoms with Gasteiger partial charge in [0.25, 0.3) is 5.91 Å². The van der Waals surface area contributed by atoms with Crippen molar-refractivity contribution in [3.8, 4) is 0 Å². The highest BCUT2D eigenvalue weighted by Crippen LogP contribution is 2.37. The number of amides is 1. The highest BCUT2D eigenvalue weighted by molar-refractivity contribution is 7.98. The van der Waals surface area contributed by atoms with E-state index < -0.39 is 0 Å². The average Bonchev–Trinajstić information content (AvgIpc) is 2.74. The summed E-state index contributed by atoms with van der Waals surface area (Å²) in [6.45, 7) is 2.13. The summed E-state index contributed by atoms with van der Waals surface area (Å²) < 4.78 is 0. The Balaban J connectivity index is 1.80. The summed E-state index contributed by atoms with van der Waals surface area (Å²) in [5.74, 6) is 0.0209. The summed E-state index contributed by atoms with van der Waals surface area (Å²) in [4.78, 5) is 16.4. The van der Waals surface area contributed by atoms with Crippen molar-refractivity contribution in [2.75, 3.05) is 16.5 Å². The summed E-state index contributed by atoms with van der Waals surface area (Å²) in [5, 5.41) is 3.56. The minimum atomic E-state index is -0.240. The van der Waals surface area contributed by atoms with Crippen LogP contribution in [0.3, 0.4) is 0 Å². The molecule has 27 heavy (non-hydrogen) atoms. The van der Waals surface area contributed by atoms with Crippen LogP contribution in [0.4, 0.5) is 11.4 Å². The van der Waals surface area contributed by atoms with E-state index in [1.54, 1.807) is 11.8 Å². The quantitative estimate of drug-likeness (QED) is 0.591. The number of thioether (sulfide) groups is 1. The van der Waals surface area contributed by atoms with E-state index in [1.807, 2.05) is 41.3 Å². The van der Waals surface area contributed by atoms with Crippen LogP contribution in [0.25, 0.3) is 0 Å². The maximum Gasteiger partial charge on any atom is 0.262 e. The molecular weight excluding hydrogens is 352 g/mol. The fourth-order valence-corrected chi connectivity index (χ4v) is 3.84. The molecule has 0 aromatic heterocycles. The Morgan fingerprint density at radius 1 is 0.963 bits per heavy atom. The Bertz CT molecular complexity index is 951. The first kappa shape index (κ1) is 17.7. The first-order valence-electron chi connectivity index (χ1n) is 9.13. The van der Waals surface area contributed by atoms with Gasteiger partial charge in [0.05, 0.1) is 5.56 Å². The van der Waals surface area contributed by atoms with Crippen LogP contribution in [0.15, 0.2) is 77.7 Å². The van der Waals surface area contributed by atoms with Gasteiger partial charge in [-0.25, -0.2) is 0 Å². The maximum atomic E-state index is 13.4. The van der Waals surface area contributed by atoms with Crippen molar-refractivity contribution in [1.82, 2.24) is 0 Å². The zero-order valence-corrected chi connectivity index (χ0v) is 16.3. The molecule has 0 bridgehead atoms. The monoisotopic (exact) mass is 374 g/mol. The van der Waals surface area contributed by atoms with Crippen molar-refractivity contribution in [1.29, 1.82) is 0 Å². The molecule has 1 heterocycles. The molecule has 4 rings (SSSR count). The van der Waals surface area contributed by atoms with Crippen molar-refractivity contribution < 1.29 is 4.79 Å². The number of hydrogen-bond acceptors (Lipinski definition) is 3. The molecule has 1 aliphatic rings. The van der Waals surface area contributed by atoms with E-state index in [0.717, 1.165) is 23.4 Å². The van der Waals surface area contributed by atoms with Crippen LogP contribution >= 0.6 is 11.8 Å². The zero-order valence-electron chi connectivity index (χ0n) is 15.5. The van der Waals surface area contributed by atoms with Crippen molar-refractivity contribution in [2.24, 2.45) is 0 Å². The molecule has 3 aromatic carbocycles. The molecule has 1 aliphatic heterocycles. The molecule has 3 aromatic rings. The second-order valence-corrected chi connectivity index (χ2v) is 7.44. The zero-order chi connectivity index (χ0) is 18.8. The summed E-state index contributed by atoms with van der Waals surface area (Å²) in [6, 6.07) is 24.4. The Labute approximate surface area is 164 Å².